The average Bonchev–Trinajstić information content (AvgIpc) is 3.01. The van der Waals surface area contributed by atoms with E-state index in [0.29, 0.717) is 0 Å². The molecule has 1 aromatic heterocycles. The molecule has 3 N–H and O–H groups in total. The molecule has 2 unspecified atom stereocenters. The maximum Gasteiger partial charge on any atom is 0.459 e. The topological polar surface area (TPSA) is 158 Å². The fraction of sp³-hybridized carbons (Fsp3) is 0.500. The Morgan fingerprint density at radius 2 is 1.94 bits per heavy atom. The van der Waals surface area contributed by atoms with Crippen molar-refractivity contribution in [2.45, 2.75) is 63.2 Å². The second-order valence-corrected chi connectivity index (χ2v) is 11.2. The summed E-state index contributed by atoms with van der Waals surface area (Å²) in [5, 5.41) is 13.3. The van der Waals surface area contributed by atoms with E-state index >= 15 is 0 Å². The number of halogens is 1. The fourth-order valence-electron chi connectivity index (χ4n) is 3.47. The third-order valence-electron chi connectivity index (χ3n) is 5.26. The maximum absolute atomic E-state index is 13.6. The molecule has 1 fully saturated rings. The predicted octanol–water partition coefficient (Wildman–Crippen LogP) is 1.93. The van der Waals surface area contributed by atoms with Gasteiger partial charge in [-0.05, 0) is 39.8 Å². The lowest BCUT2D eigenvalue weighted by Gasteiger charge is -2.26. The number of esters is 1. The minimum atomic E-state index is -4.22. The molecule has 14 heteroatoms. The number of alkyl halides is 1. The molecule has 12 nitrogen and oxygen atoms in total. The van der Waals surface area contributed by atoms with Gasteiger partial charge in [0.1, 0.15) is 28.9 Å². The molecule has 0 spiro atoms. The zero-order chi connectivity index (χ0) is 26.7. The largest absolute Gasteiger partial charge is 0.462 e. The van der Waals surface area contributed by atoms with Gasteiger partial charge in [0.15, 0.2) is 6.23 Å². The van der Waals surface area contributed by atoms with E-state index in [1.165, 1.54) is 20.0 Å². The van der Waals surface area contributed by atoms with Crippen molar-refractivity contribution in [1.29, 1.82) is 0 Å². The number of aliphatic hydroxyl groups is 1. The number of carbonyl (C=O) groups is 1. The summed E-state index contributed by atoms with van der Waals surface area (Å²) in [4.78, 5) is 36.5. The predicted molar refractivity (Wildman–Crippen MR) is 130 cm³/mol. The van der Waals surface area contributed by atoms with Crippen LogP contribution in [0.5, 0.6) is 5.75 Å². The number of aromatic amines is 1. The number of aliphatic hydroxyl groups excluding tert-OH is 1. The van der Waals surface area contributed by atoms with Crippen LogP contribution in [0, 0.1) is 0 Å². The standard InChI is InChI=1S/C22H29ClN3O9P/c1-13(2)33-19(29)14(3)25-36(31,35-15-8-6-5-7-9-15)32-12-16-18(28)22(4,23)20(34-16)26-11-10-17(27)24-21(26)30/h5-11,13-14,16,18,20,28H,12H2,1-4H3,(H,25,31)(H,24,27,30)/t14?,16-,18-,20-,22-,36?/m1/s1. The molecular formula is C22H29ClN3O9P. The molecule has 0 aliphatic carbocycles. The first-order chi connectivity index (χ1) is 16.8. The highest BCUT2D eigenvalue weighted by Crippen LogP contribution is 2.48. The highest BCUT2D eigenvalue weighted by molar-refractivity contribution is 7.52. The molecule has 2 heterocycles. The van der Waals surface area contributed by atoms with Crippen molar-refractivity contribution in [1.82, 2.24) is 14.6 Å². The molecular weight excluding hydrogens is 517 g/mol. The Morgan fingerprint density at radius 3 is 2.56 bits per heavy atom. The molecule has 1 aliphatic heterocycles. The second kappa shape index (κ2) is 11.3. The number of carbonyl (C=O) groups excluding carboxylic acids is 1. The summed E-state index contributed by atoms with van der Waals surface area (Å²) in [6.07, 6.45) is -2.92. The number of H-pyrrole nitrogens is 1. The van der Waals surface area contributed by atoms with Gasteiger partial charge in [0.2, 0.25) is 0 Å². The van der Waals surface area contributed by atoms with Crippen molar-refractivity contribution < 1.29 is 33.0 Å². The van der Waals surface area contributed by atoms with Crippen LogP contribution in [-0.4, -0.2) is 56.5 Å². The van der Waals surface area contributed by atoms with Crippen LogP contribution >= 0.6 is 19.3 Å². The number of ether oxygens (including phenoxy) is 2. The van der Waals surface area contributed by atoms with Crippen molar-refractivity contribution in [3.8, 4) is 5.75 Å². The second-order valence-electron chi connectivity index (χ2n) is 8.67. The van der Waals surface area contributed by atoms with Crippen LogP contribution in [-0.2, 0) is 23.4 Å². The molecule has 1 aliphatic rings. The highest BCUT2D eigenvalue weighted by Gasteiger charge is 2.54. The van der Waals surface area contributed by atoms with Gasteiger partial charge in [0.05, 0.1) is 12.7 Å². The van der Waals surface area contributed by atoms with Crippen LogP contribution in [0.25, 0.3) is 0 Å². The number of nitrogens with one attached hydrogen (secondary N) is 2. The zero-order valence-corrected chi connectivity index (χ0v) is 21.8. The Bertz CT molecular complexity index is 1220. The van der Waals surface area contributed by atoms with Crippen molar-refractivity contribution in [3.05, 3.63) is 63.4 Å². The van der Waals surface area contributed by atoms with Crippen LogP contribution in [0.3, 0.4) is 0 Å². The van der Waals surface area contributed by atoms with Gasteiger partial charge in [0.25, 0.3) is 5.56 Å². The average molecular weight is 546 g/mol. The number of nitrogens with zero attached hydrogens (tertiary/aromatic N) is 1. The van der Waals surface area contributed by atoms with E-state index in [1.807, 2.05) is 0 Å². The van der Waals surface area contributed by atoms with E-state index in [9.17, 15) is 24.1 Å². The van der Waals surface area contributed by atoms with Crippen LogP contribution < -0.4 is 20.9 Å². The van der Waals surface area contributed by atoms with Gasteiger partial charge >= 0.3 is 19.4 Å². The third kappa shape index (κ3) is 6.64. The quantitative estimate of drug-likeness (QED) is 0.229. The summed E-state index contributed by atoms with van der Waals surface area (Å²) in [6.45, 7) is 5.75. The number of rotatable bonds is 10. The van der Waals surface area contributed by atoms with Crippen molar-refractivity contribution in [3.63, 3.8) is 0 Å². The Morgan fingerprint density at radius 1 is 1.28 bits per heavy atom. The lowest BCUT2D eigenvalue weighted by Crippen LogP contribution is -2.43. The summed E-state index contributed by atoms with van der Waals surface area (Å²) < 4.78 is 36.7. The summed E-state index contributed by atoms with van der Waals surface area (Å²) in [5.74, 6) is -0.473. The smallest absolute Gasteiger partial charge is 0.459 e. The molecule has 2 aromatic rings. The van der Waals surface area contributed by atoms with Crippen LogP contribution in [0.4, 0.5) is 0 Å². The first-order valence-electron chi connectivity index (χ1n) is 11.1. The molecule has 1 saturated heterocycles. The lowest BCUT2D eigenvalue weighted by atomic mass is 10.0. The van der Waals surface area contributed by atoms with Gasteiger partial charge in [-0.1, -0.05) is 18.2 Å². The van der Waals surface area contributed by atoms with Gasteiger partial charge < -0.3 is 19.1 Å². The van der Waals surface area contributed by atoms with Crippen LogP contribution in [0.1, 0.15) is 33.9 Å². The molecule has 198 valence electrons. The summed E-state index contributed by atoms with van der Waals surface area (Å²) >= 11 is 6.52. The minimum absolute atomic E-state index is 0.200. The first kappa shape index (κ1) is 28.1. The van der Waals surface area contributed by atoms with Crippen molar-refractivity contribution in [2.75, 3.05) is 6.61 Å². The van der Waals surface area contributed by atoms with Crippen LogP contribution in [0.15, 0.2) is 52.2 Å². The summed E-state index contributed by atoms with van der Waals surface area (Å²) in [7, 11) is -4.22. The fourth-order valence-corrected chi connectivity index (χ4v) is 5.27. The van der Waals surface area contributed by atoms with Gasteiger partial charge in [-0.15, -0.1) is 11.6 Å². The zero-order valence-electron chi connectivity index (χ0n) is 20.1. The summed E-state index contributed by atoms with van der Waals surface area (Å²) in [5.41, 5.74) is -1.40. The van der Waals surface area contributed by atoms with Crippen molar-refractivity contribution >= 4 is 25.3 Å². The number of hydrogen-bond acceptors (Lipinski definition) is 9. The van der Waals surface area contributed by atoms with E-state index in [-0.39, 0.29) is 5.75 Å². The monoisotopic (exact) mass is 545 g/mol. The Hall–Kier alpha value is -2.47. The Balaban J connectivity index is 1.80. The van der Waals surface area contributed by atoms with E-state index in [4.69, 9.17) is 30.1 Å². The highest BCUT2D eigenvalue weighted by atomic mass is 35.5. The molecule has 36 heavy (non-hydrogen) atoms. The molecule has 0 saturated carbocycles. The van der Waals surface area contributed by atoms with E-state index in [2.05, 4.69) is 10.1 Å². The summed E-state index contributed by atoms with van der Waals surface area (Å²) in [6, 6.07) is 8.18. The number of para-hydroxylation sites is 1. The number of hydrogen-bond donors (Lipinski definition) is 3. The van der Waals surface area contributed by atoms with E-state index in [1.54, 1.807) is 44.2 Å². The molecule has 6 atom stereocenters. The molecule has 0 amide bonds. The Labute approximate surface area is 212 Å². The lowest BCUT2D eigenvalue weighted by molar-refractivity contribution is -0.149. The van der Waals surface area contributed by atoms with E-state index < -0.39 is 67.0 Å². The third-order valence-corrected chi connectivity index (χ3v) is 7.31. The van der Waals surface area contributed by atoms with Gasteiger partial charge in [-0.3, -0.25) is 23.7 Å². The Kier molecular flexibility index (Phi) is 8.81. The minimum Gasteiger partial charge on any atom is -0.462 e. The number of aromatic nitrogens is 2. The molecule has 3 rings (SSSR count). The molecule has 0 bridgehead atoms. The molecule has 0 radical (unpaired) electrons. The van der Waals surface area contributed by atoms with Gasteiger partial charge in [-0.2, -0.15) is 5.09 Å². The van der Waals surface area contributed by atoms with E-state index in [0.717, 1.165) is 10.6 Å². The van der Waals surface area contributed by atoms with Crippen molar-refractivity contribution in [2.24, 2.45) is 0 Å². The number of benzene rings is 1. The van der Waals surface area contributed by atoms with Gasteiger partial charge in [0, 0.05) is 12.3 Å². The molecule has 1 aromatic carbocycles. The SMILES string of the molecule is CC(C)OC(=O)C(C)NP(=O)(OC[C@H]1O[C@@H](n2ccc(=O)[nH]c2=O)[C@](C)(Cl)[C@@H]1O)Oc1ccccc1. The first-order valence-corrected chi connectivity index (χ1v) is 13.1. The van der Waals surface area contributed by atoms with Gasteiger partial charge in [-0.25, -0.2) is 9.36 Å². The van der Waals surface area contributed by atoms with Crippen LogP contribution in [0.2, 0.25) is 0 Å². The maximum atomic E-state index is 13.6. The normalized spacial score (nSPS) is 26.4.